The van der Waals surface area contributed by atoms with Gasteiger partial charge in [0.05, 0.1) is 5.52 Å². The second-order valence-corrected chi connectivity index (χ2v) is 4.94. The first kappa shape index (κ1) is 21.2. The number of H-pyrrole nitrogens is 1. The first-order chi connectivity index (χ1) is 12.7. The van der Waals surface area contributed by atoms with E-state index in [0.717, 1.165) is 10.9 Å². The topological polar surface area (TPSA) is 44.9 Å². The minimum Gasteiger partial charge on any atom is -0.359 e. The molecule has 0 fully saturated rings. The Morgan fingerprint density at radius 2 is 1.65 bits per heavy atom. The normalized spacial score (nSPS) is 10.3. The molecule has 0 aliphatic carbocycles. The van der Waals surface area contributed by atoms with E-state index in [0.29, 0.717) is 16.7 Å². The highest BCUT2D eigenvalue weighted by atomic mass is 19.1. The van der Waals surface area contributed by atoms with E-state index < -0.39 is 0 Å². The molecule has 2 N–H and O–H groups in total. The molecule has 4 heteroatoms. The first-order valence-corrected chi connectivity index (χ1v) is 8.95. The third-order valence-electron chi connectivity index (χ3n) is 3.53. The summed E-state index contributed by atoms with van der Waals surface area (Å²) in [5.74, 6) is -0.565. The van der Waals surface area contributed by atoms with Crippen molar-refractivity contribution in [2.45, 2.75) is 27.7 Å². The highest BCUT2D eigenvalue weighted by molar-refractivity contribution is 6.00. The molecule has 3 nitrogen and oxygen atoms in total. The standard InChI is InChI=1S/C18H15FN2O.2C2H6/c1-20-17(22)11-15(12-5-3-2-4-6-12)14-9-13-7-8-21-18(13)16(19)10-14;2*1-2/h2-11,21H,1H3,(H,20,22);2*1-2H3/b15-11-;;. The second-order valence-electron chi connectivity index (χ2n) is 4.94. The zero-order valence-corrected chi connectivity index (χ0v) is 16.1. The van der Waals surface area contributed by atoms with Crippen LogP contribution in [0.1, 0.15) is 38.8 Å². The van der Waals surface area contributed by atoms with Crippen molar-refractivity contribution in [3.8, 4) is 0 Å². The SMILES string of the molecule is CC.CC.CNC(=O)/C=C(/c1ccccc1)c1cc(F)c2[nH]ccc2c1. The van der Waals surface area contributed by atoms with Gasteiger partial charge in [0.1, 0.15) is 5.82 Å². The van der Waals surface area contributed by atoms with Crippen LogP contribution in [0.25, 0.3) is 16.5 Å². The Morgan fingerprint density at radius 3 is 2.27 bits per heavy atom. The molecule has 0 unspecified atom stereocenters. The predicted octanol–water partition coefficient (Wildman–Crippen LogP) is 5.54. The summed E-state index contributed by atoms with van der Waals surface area (Å²) in [6.45, 7) is 8.00. The molecule has 26 heavy (non-hydrogen) atoms. The van der Waals surface area contributed by atoms with E-state index in [1.807, 2.05) is 70.2 Å². The molecule has 1 amide bonds. The van der Waals surface area contributed by atoms with Gasteiger partial charge in [-0.1, -0.05) is 58.0 Å². The molecule has 1 aromatic heterocycles. The average molecular weight is 354 g/mol. The zero-order valence-electron chi connectivity index (χ0n) is 16.1. The molecule has 0 atom stereocenters. The van der Waals surface area contributed by atoms with Crippen molar-refractivity contribution in [1.29, 1.82) is 0 Å². The van der Waals surface area contributed by atoms with Crippen LogP contribution < -0.4 is 5.32 Å². The number of nitrogens with one attached hydrogen (secondary N) is 2. The number of benzene rings is 2. The molecule has 0 saturated carbocycles. The van der Waals surface area contributed by atoms with Gasteiger partial charge in [0.15, 0.2) is 0 Å². The molecule has 0 spiro atoms. The smallest absolute Gasteiger partial charge is 0.244 e. The van der Waals surface area contributed by atoms with E-state index in [1.165, 1.54) is 12.1 Å². The summed E-state index contributed by atoms with van der Waals surface area (Å²) in [6, 6.07) is 14.6. The van der Waals surface area contributed by atoms with Crippen molar-refractivity contribution in [3.63, 3.8) is 0 Å². The Kier molecular flexibility index (Phi) is 8.85. The number of amides is 1. The maximum absolute atomic E-state index is 14.2. The van der Waals surface area contributed by atoms with Crippen LogP contribution in [0.15, 0.2) is 60.8 Å². The van der Waals surface area contributed by atoms with E-state index in [2.05, 4.69) is 10.3 Å². The van der Waals surface area contributed by atoms with E-state index in [4.69, 9.17) is 0 Å². The lowest BCUT2D eigenvalue weighted by atomic mass is 9.96. The van der Waals surface area contributed by atoms with Crippen LogP contribution in [0, 0.1) is 5.82 Å². The maximum atomic E-state index is 14.2. The summed E-state index contributed by atoms with van der Waals surface area (Å²) in [5, 5.41) is 3.34. The average Bonchev–Trinajstić information content (AvgIpc) is 3.19. The summed E-state index contributed by atoms with van der Waals surface area (Å²) in [6.07, 6.45) is 3.19. The van der Waals surface area contributed by atoms with Gasteiger partial charge < -0.3 is 10.3 Å². The van der Waals surface area contributed by atoms with Crippen LogP contribution in [0.4, 0.5) is 4.39 Å². The molecule has 0 aliphatic heterocycles. The van der Waals surface area contributed by atoms with E-state index in [1.54, 1.807) is 13.2 Å². The summed E-state index contributed by atoms with van der Waals surface area (Å²) in [5.41, 5.74) is 2.68. The number of rotatable bonds is 3. The molecular formula is C22H27FN2O. The van der Waals surface area contributed by atoms with Crippen molar-refractivity contribution in [2.75, 3.05) is 7.05 Å². The van der Waals surface area contributed by atoms with Crippen LogP contribution in [-0.2, 0) is 4.79 Å². The Morgan fingerprint density at radius 1 is 1.00 bits per heavy atom. The summed E-state index contributed by atoms with van der Waals surface area (Å²) >= 11 is 0. The number of aromatic amines is 1. The van der Waals surface area contributed by atoms with Crippen molar-refractivity contribution >= 4 is 22.4 Å². The maximum Gasteiger partial charge on any atom is 0.244 e. The third kappa shape index (κ3) is 5.06. The van der Waals surface area contributed by atoms with Gasteiger partial charge in [-0.25, -0.2) is 4.39 Å². The van der Waals surface area contributed by atoms with Gasteiger partial charge in [0.2, 0.25) is 5.91 Å². The Hall–Kier alpha value is -2.88. The molecule has 0 saturated heterocycles. The van der Waals surface area contributed by atoms with Gasteiger partial charge in [-0.15, -0.1) is 0 Å². The fraction of sp³-hybridized carbons (Fsp3) is 0.227. The molecule has 3 aromatic rings. The summed E-state index contributed by atoms with van der Waals surface area (Å²) in [7, 11) is 1.57. The fourth-order valence-electron chi connectivity index (χ4n) is 2.44. The van der Waals surface area contributed by atoms with Crippen LogP contribution in [-0.4, -0.2) is 17.9 Å². The number of likely N-dealkylation sites (N-methyl/N-ethyl adjacent to an activating group) is 1. The monoisotopic (exact) mass is 354 g/mol. The van der Waals surface area contributed by atoms with E-state index in [-0.39, 0.29) is 11.7 Å². The predicted molar refractivity (Wildman–Crippen MR) is 109 cm³/mol. The lowest BCUT2D eigenvalue weighted by Gasteiger charge is -2.09. The summed E-state index contributed by atoms with van der Waals surface area (Å²) in [4.78, 5) is 14.7. The molecule has 0 bridgehead atoms. The quantitative estimate of drug-likeness (QED) is 0.596. The molecule has 0 aliphatic rings. The van der Waals surface area contributed by atoms with Crippen molar-refractivity contribution in [3.05, 3.63) is 77.7 Å². The molecule has 2 aromatic carbocycles. The molecule has 1 heterocycles. The van der Waals surface area contributed by atoms with Gasteiger partial charge in [-0.3, -0.25) is 4.79 Å². The number of hydrogen-bond acceptors (Lipinski definition) is 1. The largest absolute Gasteiger partial charge is 0.359 e. The number of fused-ring (bicyclic) bond motifs is 1. The van der Waals surface area contributed by atoms with Crippen molar-refractivity contribution in [1.82, 2.24) is 10.3 Å². The number of hydrogen-bond donors (Lipinski definition) is 2. The van der Waals surface area contributed by atoms with Gasteiger partial charge in [0, 0.05) is 24.7 Å². The van der Waals surface area contributed by atoms with Crippen LogP contribution in [0.5, 0.6) is 0 Å². The zero-order chi connectivity index (χ0) is 19.5. The third-order valence-corrected chi connectivity index (χ3v) is 3.53. The molecule has 138 valence electrons. The number of aromatic nitrogens is 1. The first-order valence-electron chi connectivity index (χ1n) is 8.95. The van der Waals surface area contributed by atoms with Gasteiger partial charge in [-0.2, -0.15) is 0 Å². The van der Waals surface area contributed by atoms with Gasteiger partial charge in [-0.05, 0) is 34.9 Å². The minimum atomic E-state index is -0.337. The lowest BCUT2D eigenvalue weighted by Crippen LogP contribution is -2.15. The van der Waals surface area contributed by atoms with Crippen molar-refractivity contribution < 1.29 is 9.18 Å². The molecular weight excluding hydrogens is 327 g/mol. The Labute approximate surface area is 154 Å². The van der Waals surface area contributed by atoms with Crippen molar-refractivity contribution in [2.24, 2.45) is 0 Å². The van der Waals surface area contributed by atoms with Crippen LogP contribution in [0.2, 0.25) is 0 Å². The van der Waals surface area contributed by atoms with E-state index in [9.17, 15) is 9.18 Å². The van der Waals surface area contributed by atoms with Gasteiger partial charge in [0.25, 0.3) is 0 Å². The number of carbonyl (C=O) groups is 1. The van der Waals surface area contributed by atoms with Crippen LogP contribution >= 0.6 is 0 Å². The minimum absolute atomic E-state index is 0.228. The fourth-order valence-corrected chi connectivity index (χ4v) is 2.44. The molecule has 0 radical (unpaired) electrons. The highest BCUT2D eigenvalue weighted by Gasteiger charge is 2.11. The second kappa shape index (κ2) is 10.9. The van der Waals surface area contributed by atoms with E-state index >= 15 is 0 Å². The molecule has 3 rings (SSSR count). The van der Waals surface area contributed by atoms with Gasteiger partial charge >= 0.3 is 0 Å². The van der Waals surface area contributed by atoms with Crippen LogP contribution in [0.3, 0.4) is 0 Å². The Balaban J connectivity index is 0.000000791. The number of halogens is 1. The lowest BCUT2D eigenvalue weighted by molar-refractivity contribution is -0.116. The number of carbonyl (C=O) groups excluding carboxylic acids is 1. The highest BCUT2D eigenvalue weighted by Crippen LogP contribution is 2.28. The Bertz CT molecular complexity index is 851. The summed E-state index contributed by atoms with van der Waals surface area (Å²) < 4.78 is 14.2.